The van der Waals surface area contributed by atoms with E-state index in [1.807, 2.05) is 0 Å². The zero-order valence-electron chi connectivity index (χ0n) is 21.9. The summed E-state index contributed by atoms with van der Waals surface area (Å²) < 4.78 is 45.7. The maximum atomic E-state index is 15.2. The molecule has 0 unspecified atom stereocenters. The predicted molar refractivity (Wildman–Crippen MR) is 138 cm³/mol. The highest BCUT2D eigenvalue weighted by molar-refractivity contribution is 6.19. The van der Waals surface area contributed by atoms with Crippen molar-refractivity contribution >= 4 is 22.2 Å². The molecule has 2 aromatic rings. The summed E-state index contributed by atoms with van der Waals surface area (Å²) in [6.07, 6.45) is -1.09. The fourth-order valence-corrected chi connectivity index (χ4v) is 5.11. The summed E-state index contributed by atoms with van der Waals surface area (Å²) in [7, 11) is 0.186. The molecule has 2 atom stereocenters. The number of fused-ring (bicyclic) bond motifs is 3. The first kappa shape index (κ1) is 27.5. The van der Waals surface area contributed by atoms with E-state index in [0.29, 0.717) is 35.4 Å². The van der Waals surface area contributed by atoms with E-state index < -0.39 is 40.5 Å². The third-order valence-corrected chi connectivity index (χ3v) is 7.13. The van der Waals surface area contributed by atoms with Gasteiger partial charge >= 0.3 is 6.09 Å². The van der Waals surface area contributed by atoms with Gasteiger partial charge in [0.25, 0.3) is 5.91 Å². The molecule has 0 spiro atoms. The molecule has 1 saturated heterocycles. The molecule has 11 heteroatoms. The maximum absolute atomic E-state index is 15.2. The Morgan fingerprint density at radius 3 is 2.71 bits per heavy atom. The number of nitrogens with zero attached hydrogens (tertiary/aromatic N) is 2. The van der Waals surface area contributed by atoms with Gasteiger partial charge in [0, 0.05) is 30.7 Å². The lowest BCUT2D eigenvalue weighted by atomic mass is 9.94. The number of carbonyl (C=O) groups excluding carboxylic acids is 2. The summed E-state index contributed by atoms with van der Waals surface area (Å²) in [4.78, 5) is 27.1. The van der Waals surface area contributed by atoms with Crippen molar-refractivity contribution < 1.29 is 32.6 Å². The van der Waals surface area contributed by atoms with E-state index in [2.05, 4.69) is 11.4 Å². The summed E-state index contributed by atoms with van der Waals surface area (Å²) in [5, 5.41) is 11.4. The maximum Gasteiger partial charge on any atom is 0.410 e. The number of nitrogens with one attached hydrogen (secondary N) is 1. The first-order valence-corrected chi connectivity index (χ1v) is 13.4. The topological polar surface area (TPSA) is 101 Å². The summed E-state index contributed by atoms with van der Waals surface area (Å²) in [6.45, 7) is 6.03. The molecule has 2 amide bonds. The molecule has 2 aliphatic rings. The number of carbonyl (C=O) groups is 2. The molecular formula is C27H31F2N3O5Si. The van der Waals surface area contributed by atoms with Crippen LogP contribution in [0.4, 0.5) is 13.6 Å². The molecular weight excluding hydrogens is 512 g/mol. The van der Waals surface area contributed by atoms with Gasteiger partial charge in [-0.2, -0.15) is 5.26 Å². The van der Waals surface area contributed by atoms with Crippen molar-refractivity contribution in [2.24, 2.45) is 0 Å². The Kier molecular flexibility index (Phi) is 7.76. The van der Waals surface area contributed by atoms with Crippen molar-refractivity contribution in [3.8, 4) is 22.9 Å². The Morgan fingerprint density at radius 1 is 1.24 bits per heavy atom. The van der Waals surface area contributed by atoms with Crippen molar-refractivity contribution in [2.45, 2.75) is 57.1 Å². The Labute approximate surface area is 223 Å². The van der Waals surface area contributed by atoms with Crippen molar-refractivity contribution in [2.75, 3.05) is 19.7 Å². The van der Waals surface area contributed by atoms with Gasteiger partial charge in [-0.05, 0) is 62.6 Å². The fraction of sp³-hybridized carbons (Fsp3) is 0.444. The first-order chi connectivity index (χ1) is 17.9. The number of nitriles is 1. The molecule has 38 heavy (non-hydrogen) atoms. The van der Waals surface area contributed by atoms with Crippen LogP contribution in [-0.4, -0.2) is 63.7 Å². The lowest BCUT2D eigenvalue weighted by Gasteiger charge is -2.30. The van der Waals surface area contributed by atoms with E-state index in [0.717, 1.165) is 0 Å². The van der Waals surface area contributed by atoms with Gasteiger partial charge in [0.2, 0.25) is 0 Å². The van der Waals surface area contributed by atoms with Crippen molar-refractivity contribution in [3.63, 3.8) is 0 Å². The van der Waals surface area contributed by atoms with E-state index in [1.165, 1.54) is 29.2 Å². The number of amides is 2. The second-order valence-electron chi connectivity index (χ2n) is 10.8. The average molecular weight is 544 g/mol. The van der Waals surface area contributed by atoms with Crippen LogP contribution in [0.3, 0.4) is 0 Å². The quantitative estimate of drug-likeness (QED) is 0.596. The van der Waals surface area contributed by atoms with Crippen LogP contribution in [0.25, 0.3) is 11.1 Å². The summed E-state index contributed by atoms with van der Waals surface area (Å²) in [5.74, 6) is -1.09. The van der Waals surface area contributed by atoms with Gasteiger partial charge in [0.1, 0.15) is 34.8 Å². The second kappa shape index (κ2) is 10.7. The molecule has 4 rings (SSSR count). The van der Waals surface area contributed by atoms with Gasteiger partial charge in [-0.25, -0.2) is 13.6 Å². The van der Waals surface area contributed by atoms with Gasteiger partial charge in [-0.15, -0.1) is 0 Å². The normalized spacial score (nSPS) is 18.6. The Bertz CT molecular complexity index is 1290. The summed E-state index contributed by atoms with van der Waals surface area (Å²) >= 11 is 0. The molecule has 2 aromatic carbocycles. The second-order valence-corrected chi connectivity index (χ2v) is 12.5. The predicted octanol–water partition coefficient (Wildman–Crippen LogP) is 2.79. The number of halogens is 2. The fourth-order valence-electron chi connectivity index (χ4n) is 4.48. The molecule has 8 nitrogen and oxygen atoms in total. The smallest absolute Gasteiger partial charge is 0.410 e. The standard InChI is InChI=1S/C27H31F2N3O5Si/c1-26(2,3)37-25(34)32-7-4-8-35-23(13-32)24(33)31-27(38,15-30)12-16-10-22-20(11-21(16)29)19-6-5-18(28)9-17(19)14-36-22/h5-6,9-11,23H,4,7-8,12-14H2,1-3,38H3,(H,31,33)/t23-,27-/m0/s1. The molecule has 0 bridgehead atoms. The lowest BCUT2D eigenvalue weighted by molar-refractivity contribution is -0.133. The van der Waals surface area contributed by atoms with Crippen molar-refractivity contribution in [3.05, 3.63) is 53.1 Å². The van der Waals surface area contributed by atoms with E-state index in [9.17, 15) is 19.2 Å². The highest BCUT2D eigenvalue weighted by Crippen LogP contribution is 2.39. The molecule has 1 fully saturated rings. The van der Waals surface area contributed by atoms with Crippen LogP contribution in [0.15, 0.2) is 30.3 Å². The third kappa shape index (κ3) is 6.31. The van der Waals surface area contributed by atoms with Crippen LogP contribution in [0.5, 0.6) is 5.75 Å². The monoisotopic (exact) mass is 543 g/mol. The highest BCUT2D eigenvalue weighted by Gasteiger charge is 2.35. The number of ether oxygens (including phenoxy) is 3. The van der Waals surface area contributed by atoms with E-state index in [1.54, 1.807) is 26.8 Å². The van der Waals surface area contributed by atoms with Crippen LogP contribution >= 0.6 is 0 Å². The largest absolute Gasteiger partial charge is 0.488 e. The van der Waals surface area contributed by atoms with Crippen LogP contribution in [-0.2, 0) is 27.3 Å². The minimum atomic E-state index is -1.34. The molecule has 202 valence electrons. The summed E-state index contributed by atoms with van der Waals surface area (Å²) in [6, 6.07) is 9.23. The van der Waals surface area contributed by atoms with Gasteiger partial charge in [-0.3, -0.25) is 4.79 Å². The Balaban J connectivity index is 1.49. The molecule has 0 aliphatic carbocycles. The van der Waals surface area contributed by atoms with Crippen LogP contribution in [0.1, 0.15) is 38.3 Å². The Morgan fingerprint density at radius 2 is 2.00 bits per heavy atom. The summed E-state index contributed by atoms with van der Waals surface area (Å²) in [5.41, 5.74) is 1.33. The minimum Gasteiger partial charge on any atom is -0.488 e. The van der Waals surface area contributed by atoms with Crippen LogP contribution < -0.4 is 10.1 Å². The molecule has 2 aliphatic heterocycles. The Hall–Kier alpha value is -3.49. The molecule has 0 aromatic heterocycles. The highest BCUT2D eigenvalue weighted by atomic mass is 28.1. The van der Waals surface area contributed by atoms with Crippen molar-refractivity contribution in [1.82, 2.24) is 10.2 Å². The number of rotatable bonds is 4. The van der Waals surface area contributed by atoms with Crippen LogP contribution in [0.2, 0.25) is 0 Å². The first-order valence-electron chi connectivity index (χ1n) is 12.4. The third-order valence-electron chi connectivity index (χ3n) is 6.30. The minimum absolute atomic E-state index is 0.0230. The van der Waals surface area contributed by atoms with E-state index in [-0.39, 0.29) is 42.0 Å². The van der Waals surface area contributed by atoms with Crippen molar-refractivity contribution in [1.29, 1.82) is 5.26 Å². The van der Waals surface area contributed by atoms with Gasteiger partial charge < -0.3 is 24.4 Å². The molecule has 0 saturated carbocycles. The number of hydrogen-bond acceptors (Lipinski definition) is 6. The number of hydrogen-bond donors (Lipinski definition) is 1. The average Bonchev–Trinajstić information content (AvgIpc) is 3.10. The number of benzene rings is 2. The SMILES string of the molecule is CC(C)(C)OC(=O)N1CCCO[C@H](C(=O)N[C@@]([SiH3])(C#N)Cc2cc3c(cc2F)-c2ccc(F)cc2CO3)C1. The lowest BCUT2D eigenvalue weighted by Crippen LogP contribution is -2.55. The zero-order valence-corrected chi connectivity index (χ0v) is 23.9. The molecule has 1 N–H and O–H groups in total. The van der Waals surface area contributed by atoms with Gasteiger partial charge in [0.05, 0.1) is 22.9 Å². The van der Waals surface area contributed by atoms with Crippen LogP contribution in [0, 0.1) is 23.0 Å². The molecule has 0 radical (unpaired) electrons. The molecule has 2 heterocycles. The van der Waals surface area contributed by atoms with Gasteiger partial charge in [0.15, 0.2) is 6.10 Å². The van der Waals surface area contributed by atoms with E-state index in [4.69, 9.17) is 14.2 Å². The zero-order chi connectivity index (χ0) is 27.7. The van der Waals surface area contributed by atoms with E-state index >= 15 is 4.39 Å². The van der Waals surface area contributed by atoms with Gasteiger partial charge in [-0.1, -0.05) is 6.07 Å².